The van der Waals surface area contributed by atoms with E-state index in [2.05, 4.69) is 0 Å². The molecule has 1 heterocycles. The molecule has 1 fully saturated rings. The predicted octanol–water partition coefficient (Wildman–Crippen LogP) is 1.88. The Hall–Kier alpha value is -1.63. The number of carbonyl (C=O) groups excluding carboxylic acids is 3. The summed E-state index contributed by atoms with van der Waals surface area (Å²) in [6.07, 6.45) is -1.03. The van der Waals surface area contributed by atoms with Crippen LogP contribution in [0.2, 0.25) is 0 Å². The lowest BCUT2D eigenvalue weighted by Gasteiger charge is -2.34. The van der Waals surface area contributed by atoms with Crippen LogP contribution in [0.4, 0.5) is 4.79 Å². The number of hydrogen-bond donors (Lipinski definition) is 0. The van der Waals surface area contributed by atoms with Crippen molar-refractivity contribution in [3.05, 3.63) is 0 Å². The summed E-state index contributed by atoms with van der Waals surface area (Å²) >= 11 is 0. The summed E-state index contributed by atoms with van der Waals surface area (Å²) in [5.74, 6) is -1.03. The van der Waals surface area contributed by atoms with Crippen molar-refractivity contribution in [2.24, 2.45) is 0 Å². The fourth-order valence-corrected chi connectivity index (χ4v) is 2.17. The molecule has 0 spiro atoms. The van der Waals surface area contributed by atoms with Gasteiger partial charge in [0.2, 0.25) is 0 Å². The second-order valence-corrected chi connectivity index (χ2v) is 6.57. The first kappa shape index (κ1) is 18.4. The standard InChI is InChI=1S/C15H25NO6/c1-7-20-12(18)8-11(17)10-9-21-15(5,6)16(10)13(19)22-14(2,3)4/h10H,7-9H2,1-6H3/t10-/m0/s1. The zero-order chi connectivity index (χ0) is 17.1. The molecular weight excluding hydrogens is 290 g/mol. The van der Waals surface area contributed by atoms with Gasteiger partial charge in [-0.25, -0.2) is 4.79 Å². The molecule has 126 valence electrons. The molecule has 7 nitrogen and oxygen atoms in total. The van der Waals surface area contributed by atoms with Gasteiger partial charge in [-0.2, -0.15) is 0 Å². The summed E-state index contributed by atoms with van der Waals surface area (Å²) in [4.78, 5) is 37.3. The number of ether oxygens (including phenoxy) is 3. The largest absolute Gasteiger partial charge is 0.466 e. The maximum atomic E-state index is 12.4. The number of nitrogens with zero attached hydrogens (tertiary/aromatic N) is 1. The Morgan fingerprint density at radius 2 is 1.86 bits per heavy atom. The second-order valence-electron chi connectivity index (χ2n) is 6.57. The molecule has 1 rings (SSSR count). The van der Waals surface area contributed by atoms with Crippen LogP contribution in [0.25, 0.3) is 0 Å². The van der Waals surface area contributed by atoms with Gasteiger partial charge in [0.05, 0.1) is 13.2 Å². The van der Waals surface area contributed by atoms with E-state index >= 15 is 0 Å². The fraction of sp³-hybridized carbons (Fsp3) is 0.800. The van der Waals surface area contributed by atoms with Crippen molar-refractivity contribution in [2.75, 3.05) is 13.2 Å². The lowest BCUT2D eigenvalue weighted by molar-refractivity contribution is -0.146. The van der Waals surface area contributed by atoms with Crippen molar-refractivity contribution in [3.63, 3.8) is 0 Å². The van der Waals surface area contributed by atoms with Crippen molar-refractivity contribution in [3.8, 4) is 0 Å². The summed E-state index contributed by atoms with van der Waals surface area (Å²) in [7, 11) is 0. The van der Waals surface area contributed by atoms with Crippen molar-refractivity contribution >= 4 is 17.8 Å². The van der Waals surface area contributed by atoms with E-state index < -0.39 is 41.6 Å². The van der Waals surface area contributed by atoms with Gasteiger partial charge in [-0.05, 0) is 41.5 Å². The Labute approximate surface area is 130 Å². The maximum absolute atomic E-state index is 12.4. The Morgan fingerprint density at radius 3 is 2.36 bits per heavy atom. The molecule has 0 aromatic carbocycles. The molecule has 0 bridgehead atoms. The third kappa shape index (κ3) is 4.69. The van der Waals surface area contributed by atoms with Gasteiger partial charge in [0.15, 0.2) is 5.78 Å². The minimum absolute atomic E-state index is 0.0322. The van der Waals surface area contributed by atoms with Crippen LogP contribution in [0.5, 0.6) is 0 Å². The van der Waals surface area contributed by atoms with Crippen LogP contribution in [0.1, 0.15) is 48.0 Å². The molecule has 0 radical (unpaired) electrons. The number of rotatable bonds is 4. The summed E-state index contributed by atoms with van der Waals surface area (Å²) in [6, 6.07) is -0.853. The Kier molecular flexibility index (Phi) is 5.56. The minimum atomic E-state index is -0.975. The SMILES string of the molecule is CCOC(=O)CC(=O)[C@@H]1COC(C)(C)N1C(=O)OC(C)(C)C. The van der Waals surface area contributed by atoms with Gasteiger partial charge in [0.25, 0.3) is 0 Å². The van der Waals surface area contributed by atoms with E-state index in [1.807, 2.05) is 0 Å². The third-order valence-corrected chi connectivity index (χ3v) is 3.07. The molecule has 1 saturated heterocycles. The molecule has 0 aromatic rings. The molecule has 7 heteroatoms. The Balaban J connectivity index is 2.87. The van der Waals surface area contributed by atoms with E-state index in [-0.39, 0.29) is 13.2 Å². The maximum Gasteiger partial charge on any atom is 0.413 e. The van der Waals surface area contributed by atoms with Crippen LogP contribution < -0.4 is 0 Å². The average Bonchev–Trinajstić information content (AvgIpc) is 2.62. The van der Waals surface area contributed by atoms with Crippen molar-refractivity contribution in [2.45, 2.75) is 65.3 Å². The monoisotopic (exact) mass is 315 g/mol. The highest BCUT2D eigenvalue weighted by atomic mass is 16.6. The van der Waals surface area contributed by atoms with Crippen LogP contribution in [-0.4, -0.2) is 53.3 Å². The van der Waals surface area contributed by atoms with E-state index in [0.29, 0.717) is 0 Å². The summed E-state index contributed by atoms with van der Waals surface area (Å²) < 4.78 is 15.6. The average molecular weight is 315 g/mol. The third-order valence-electron chi connectivity index (χ3n) is 3.07. The van der Waals surface area contributed by atoms with Gasteiger partial charge in [0, 0.05) is 0 Å². The van der Waals surface area contributed by atoms with Crippen molar-refractivity contribution < 1.29 is 28.6 Å². The summed E-state index contributed by atoms with van der Waals surface area (Å²) in [5.41, 5.74) is -1.66. The molecule has 0 aromatic heterocycles. The van der Waals surface area contributed by atoms with E-state index in [1.165, 1.54) is 4.90 Å². The molecule has 1 aliphatic rings. The number of amides is 1. The smallest absolute Gasteiger partial charge is 0.413 e. The highest BCUT2D eigenvalue weighted by Crippen LogP contribution is 2.30. The number of Topliss-reactive ketones (excluding diaryl/α,β-unsaturated/α-hetero) is 1. The van der Waals surface area contributed by atoms with E-state index in [1.54, 1.807) is 41.5 Å². The number of esters is 1. The highest BCUT2D eigenvalue weighted by molar-refractivity contribution is 6.00. The van der Waals surface area contributed by atoms with Gasteiger partial charge < -0.3 is 14.2 Å². The minimum Gasteiger partial charge on any atom is -0.466 e. The normalized spacial score (nSPS) is 20.6. The van der Waals surface area contributed by atoms with E-state index in [4.69, 9.17) is 14.2 Å². The first-order chi connectivity index (χ1) is 9.98. The molecule has 1 amide bonds. The Bertz CT molecular complexity index is 451. The van der Waals surface area contributed by atoms with E-state index in [0.717, 1.165) is 0 Å². The zero-order valence-electron chi connectivity index (χ0n) is 14.1. The van der Waals surface area contributed by atoms with Crippen molar-refractivity contribution in [1.82, 2.24) is 4.90 Å². The summed E-state index contributed by atoms with van der Waals surface area (Å²) in [5, 5.41) is 0. The molecule has 0 unspecified atom stereocenters. The molecule has 0 saturated carbocycles. The predicted molar refractivity (Wildman–Crippen MR) is 78.1 cm³/mol. The molecular formula is C15H25NO6. The van der Waals surface area contributed by atoms with Gasteiger partial charge in [-0.3, -0.25) is 14.5 Å². The zero-order valence-corrected chi connectivity index (χ0v) is 14.1. The molecule has 1 atom stereocenters. The van der Waals surface area contributed by atoms with Gasteiger partial charge in [-0.15, -0.1) is 0 Å². The van der Waals surface area contributed by atoms with E-state index in [9.17, 15) is 14.4 Å². The number of ketones is 1. The fourth-order valence-electron chi connectivity index (χ4n) is 2.17. The topological polar surface area (TPSA) is 82.1 Å². The number of carbonyl (C=O) groups is 3. The van der Waals surface area contributed by atoms with Gasteiger partial charge in [-0.1, -0.05) is 0 Å². The lowest BCUT2D eigenvalue weighted by atomic mass is 10.1. The molecule has 22 heavy (non-hydrogen) atoms. The quantitative estimate of drug-likeness (QED) is 0.582. The number of hydrogen-bond acceptors (Lipinski definition) is 6. The molecule has 0 aliphatic carbocycles. The first-order valence-corrected chi connectivity index (χ1v) is 7.32. The Morgan fingerprint density at radius 1 is 1.27 bits per heavy atom. The lowest BCUT2D eigenvalue weighted by Crippen LogP contribution is -2.52. The molecule has 0 N–H and O–H groups in total. The second kappa shape index (κ2) is 6.64. The van der Waals surface area contributed by atoms with Crippen LogP contribution in [0.3, 0.4) is 0 Å². The van der Waals surface area contributed by atoms with Gasteiger partial charge >= 0.3 is 12.1 Å². The highest BCUT2D eigenvalue weighted by Gasteiger charge is 2.48. The van der Waals surface area contributed by atoms with Crippen LogP contribution in [0, 0.1) is 0 Å². The van der Waals surface area contributed by atoms with Crippen LogP contribution in [-0.2, 0) is 23.8 Å². The molecule has 1 aliphatic heterocycles. The first-order valence-electron chi connectivity index (χ1n) is 7.32. The summed E-state index contributed by atoms with van der Waals surface area (Å²) in [6.45, 7) is 10.5. The van der Waals surface area contributed by atoms with Crippen LogP contribution in [0.15, 0.2) is 0 Å². The van der Waals surface area contributed by atoms with Crippen molar-refractivity contribution in [1.29, 1.82) is 0 Å². The van der Waals surface area contributed by atoms with Crippen LogP contribution >= 0.6 is 0 Å². The van der Waals surface area contributed by atoms with Gasteiger partial charge in [0.1, 0.15) is 23.8 Å².